The van der Waals surface area contributed by atoms with Crippen LogP contribution in [-0.2, 0) is 6.54 Å². The van der Waals surface area contributed by atoms with Crippen molar-refractivity contribution in [1.29, 1.82) is 0 Å². The number of nitrogens with zero attached hydrogens (tertiary/aromatic N) is 1. The van der Waals surface area contributed by atoms with Gasteiger partial charge in [0.05, 0.1) is 10.6 Å². The minimum Gasteiger partial charge on any atom is -0.322 e. The molecule has 1 fully saturated rings. The first kappa shape index (κ1) is 16.9. The minimum absolute atomic E-state index is 0.108. The Balaban J connectivity index is 1.68. The average Bonchev–Trinajstić information content (AvgIpc) is 2.56. The molecule has 0 radical (unpaired) electrons. The number of amides is 1. The third-order valence-corrected chi connectivity index (χ3v) is 4.53. The smallest absolute Gasteiger partial charge is 0.257 e. The van der Waals surface area contributed by atoms with Crippen LogP contribution in [0.5, 0.6) is 0 Å². The normalized spacial score (nSPS) is 15.2. The van der Waals surface area contributed by atoms with Crippen LogP contribution in [0.4, 0.5) is 10.1 Å². The van der Waals surface area contributed by atoms with Gasteiger partial charge in [-0.3, -0.25) is 9.69 Å². The molecule has 24 heavy (non-hydrogen) atoms. The number of carbonyl (C=O) groups excluding carboxylic acids is 1. The van der Waals surface area contributed by atoms with E-state index >= 15 is 0 Å². The first-order valence-corrected chi connectivity index (χ1v) is 8.57. The third-order valence-electron chi connectivity index (χ3n) is 4.22. The molecule has 1 amide bonds. The van der Waals surface area contributed by atoms with Gasteiger partial charge in [0.25, 0.3) is 5.91 Å². The predicted octanol–water partition coefficient (Wildman–Crippen LogP) is 4.72. The zero-order valence-corrected chi connectivity index (χ0v) is 14.2. The van der Waals surface area contributed by atoms with Crippen LogP contribution < -0.4 is 5.32 Å². The Labute approximate surface area is 146 Å². The van der Waals surface area contributed by atoms with Crippen molar-refractivity contribution in [2.75, 3.05) is 18.4 Å². The summed E-state index contributed by atoms with van der Waals surface area (Å²) in [5.74, 6) is -0.796. The van der Waals surface area contributed by atoms with Crippen molar-refractivity contribution in [3.63, 3.8) is 0 Å². The monoisotopic (exact) mass is 346 g/mol. The summed E-state index contributed by atoms with van der Waals surface area (Å²) >= 11 is 5.94. The second kappa shape index (κ2) is 7.77. The van der Waals surface area contributed by atoms with Crippen LogP contribution in [0.1, 0.15) is 35.2 Å². The Morgan fingerprint density at radius 1 is 1.12 bits per heavy atom. The Hall–Kier alpha value is -1.91. The number of rotatable bonds is 4. The van der Waals surface area contributed by atoms with Crippen molar-refractivity contribution in [2.24, 2.45) is 0 Å². The SMILES string of the molecule is O=C(Nc1cccc(CN2CCCCC2)c1)c1ccc(F)cc1Cl. The van der Waals surface area contributed by atoms with E-state index in [9.17, 15) is 9.18 Å². The molecule has 3 rings (SSSR count). The molecule has 0 saturated carbocycles. The predicted molar refractivity (Wildman–Crippen MR) is 94.9 cm³/mol. The lowest BCUT2D eigenvalue weighted by atomic mass is 10.1. The summed E-state index contributed by atoms with van der Waals surface area (Å²) in [6, 6.07) is 11.6. The van der Waals surface area contributed by atoms with Gasteiger partial charge in [0.15, 0.2) is 0 Å². The minimum atomic E-state index is -0.458. The lowest BCUT2D eigenvalue weighted by Gasteiger charge is -2.26. The van der Waals surface area contributed by atoms with Gasteiger partial charge in [0.1, 0.15) is 5.82 Å². The topological polar surface area (TPSA) is 32.3 Å². The fourth-order valence-corrected chi connectivity index (χ4v) is 3.25. The molecule has 1 N–H and O–H groups in total. The van der Waals surface area contributed by atoms with Gasteiger partial charge in [-0.15, -0.1) is 0 Å². The largest absolute Gasteiger partial charge is 0.322 e. The summed E-state index contributed by atoms with van der Waals surface area (Å²) in [6.45, 7) is 3.14. The van der Waals surface area contributed by atoms with E-state index in [4.69, 9.17) is 11.6 Å². The number of benzene rings is 2. The van der Waals surface area contributed by atoms with E-state index in [2.05, 4.69) is 16.3 Å². The second-order valence-corrected chi connectivity index (χ2v) is 6.52. The number of piperidine rings is 1. The molecule has 0 aromatic heterocycles. The van der Waals surface area contributed by atoms with Gasteiger partial charge in [-0.25, -0.2) is 4.39 Å². The van der Waals surface area contributed by atoms with E-state index in [-0.39, 0.29) is 16.5 Å². The molecule has 1 heterocycles. The Morgan fingerprint density at radius 2 is 1.92 bits per heavy atom. The molecule has 1 saturated heterocycles. The quantitative estimate of drug-likeness (QED) is 0.869. The van der Waals surface area contributed by atoms with Crippen LogP contribution in [0.3, 0.4) is 0 Å². The highest BCUT2D eigenvalue weighted by Crippen LogP contribution is 2.20. The van der Waals surface area contributed by atoms with Crippen molar-refractivity contribution < 1.29 is 9.18 Å². The van der Waals surface area contributed by atoms with Crippen LogP contribution in [0.2, 0.25) is 5.02 Å². The summed E-state index contributed by atoms with van der Waals surface area (Å²) < 4.78 is 13.1. The molecule has 0 spiro atoms. The van der Waals surface area contributed by atoms with Crippen LogP contribution in [-0.4, -0.2) is 23.9 Å². The molecule has 126 valence electrons. The van der Waals surface area contributed by atoms with Crippen LogP contribution >= 0.6 is 11.6 Å². The molecule has 2 aromatic rings. The highest BCUT2D eigenvalue weighted by Gasteiger charge is 2.13. The number of anilines is 1. The molecule has 2 aromatic carbocycles. The molecule has 0 unspecified atom stereocenters. The Morgan fingerprint density at radius 3 is 2.67 bits per heavy atom. The summed E-state index contributed by atoms with van der Waals surface area (Å²) in [7, 11) is 0. The van der Waals surface area contributed by atoms with Gasteiger partial charge in [0.2, 0.25) is 0 Å². The molecule has 0 atom stereocenters. The average molecular weight is 347 g/mol. The first-order valence-electron chi connectivity index (χ1n) is 8.19. The summed E-state index contributed by atoms with van der Waals surface area (Å²) in [6.07, 6.45) is 3.81. The van der Waals surface area contributed by atoms with Crippen molar-refractivity contribution in [3.8, 4) is 0 Å². The molecular weight excluding hydrogens is 327 g/mol. The van der Waals surface area contributed by atoms with E-state index in [0.29, 0.717) is 0 Å². The summed E-state index contributed by atoms with van der Waals surface area (Å²) in [5, 5.41) is 2.94. The lowest BCUT2D eigenvalue weighted by molar-refractivity contribution is 0.102. The Bertz CT molecular complexity index is 729. The van der Waals surface area contributed by atoms with Crippen molar-refractivity contribution in [1.82, 2.24) is 4.90 Å². The van der Waals surface area contributed by atoms with Gasteiger partial charge >= 0.3 is 0 Å². The van der Waals surface area contributed by atoms with Crippen LogP contribution in [0.25, 0.3) is 0 Å². The number of hydrogen-bond donors (Lipinski definition) is 1. The first-order chi connectivity index (χ1) is 11.6. The fraction of sp³-hybridized carbons (Fsp3) is 0.316. The van der Waals surface area contributed by atoms with Crippen LogP contribution in [0, 0.1) is 5.82 Å². The van der Waals surface area contributed by atoms with E-state index in [1.807, 2.05) is 18.2 Å². The highest BCUT2D eigenvalue weighted by atomic mass is 35.5. The van der Waals surface area contributed by atoms with E-state index in [1.165, 1.54) is 37.0 Å². The lowest BCUT2D eigenvalue weighted by Crippen LogP contribution is -2.29. The zero-order valence-electron chi connectivity index (χ0n) is 13.4. The van der Waals surface area contributed by atoms with Crippen molar-refractivity contribution in [2.45, 2.75) is 25.8 Å². The second-order valence-electron chi connectivity index (χ2n) is 6.12. The van der Waals surface area contributed by atoms with Crippen molar-refractivity contribution in [3.05, 3.63) is 64.4 Å². The van der Waals surface area contributed by atoms with Gasteiger partial charge < -0.3 is 5.32 Å². The molecule has 5 heteroatoms. The van der Waals surface area contributed by atoms with Crippen molar-refractivity contribution >= 4 is 23.2 Å². The number of halogens is 2. The summed E-state index contributed by atoms with van der Waals surface area (Å²) in [5.41, 5.74) is 2.15. The number of carbonyl (C=O) groups is 1. The maximum atomic E-state index is 13.1. The zero-order chi connectivity index (χ0) is 16.9. The van der Waals surface area contributed by atoms with E-state index in [0.717, 1.165) is 31.4 Å². The summed E-state index contributed by atoms with van der Waals surface area (Å²) in [4.78, 5) is 14.8. The standard InChI is InChI=1S/C19H20ClFN2O/c20-18-12-15(21)7-8-17(18)19(24)22-16-6-4-5-14(11-16)13-23-9-2-1-3-10-23/h4-8,11-12H,1-3,9-10,13H2,(H,22,24). The van der Waals surface area contributed by atoms with Gasteiger partial charge in [-0.2, -0.15) is 0 Å². The number of likely N-dealkylation sites (tertiary alicyclic amines) is 1. The van der Waals surface area contributed by atoms with Gasteiger partial charge in [0, 0.05) is 12.2 Å². The highest BCUT2D eigenvalue weighted by molar-refractivity contribution is 6.34. The number of nitrogens with one attached hydrogen (secondary N) is 1. The van der Waals surface area contributed by atoms with E-state index in [1.54, 1.807) is 0 Å². The molecule has 0 aliphatic carbocycles. The molecule has 1 aliphatic heterocycles. The Kier molecular flexibility index (Phi) is 5.48. The number of hydrogen-bond acceptors (Lipinski definition) is 2. The maximum Gasteiger partial charge on any atom is 0.257 e. The molecule has 0 bridgehead atoms. The third kappa shape index (κ3) is 4.34. The molecular formula is C19H20ClFN2O. The maximum absolute atomic E-state index is 13.1. The van der Waals surface area contributed by atoms with Crippen LogP contribution in [0.15, 0.2) is 42.5 Å². The van der Waals surface area contributed by atoms with Gasteiger partial charge in [-0.05, 0) is 61.8 Å². The molecule has 1 aliphatic rings. The molecule has 3 nitrogen and oxygen atoms in total. The van der Waals surface area contributed by atoms with Gasteiger partial charge in [-0.1, -0.05) is 30.2 Å². The van der Waals surface area contributed by atoms with E-state index < -0.39 is 5.82 Å². The fourth-order valence-electron chi connectivity index (χ4n) is 3.00.